The van der Waals surface area contributed by atoms with Crippen molar-refractivity contribution in [3.05, 3.63) is 58.7 Å². The highest BCUT2D eigenvalue weighted by Gasteiger charge is 2.30. The third kappa shape index (κ3) is 11.3. The molecular weight excluding hydrogens is 600 g/mol. The zero-order valence-corrected chi connectivity index (χ0v) is 27.5. The molecule has 0 spiro atoms. The summed E-state index contributed by atoms with van der Waals surface area (Å²) in [4.78, 5) is 0. The molecule has 0 unspecified atom stereocenters. The summed E-state index contributed by atoms with van der Waals surface area (Å²) in [5.74, 6) is 0.564. The first-order valence-electron chi connectivity index (χ1n) is 16.1. The number of aliphatic hydroxyl groups is 1. The number of rotatable bonds is 21. The number of methoxy groups -OCH3 is 1. The van der Waals surface area contributed by atoms with Crippen molar-refractivity contribution in [2.75, 3.05) is 26.9 Å². The summed E-state index contributed by atoms with van der Waals surface area (Å²) < 4.78 is 43.5. The van der Waals surface area contributed by atoms with Crippen LogP contribution >= 0.6 is 0 Å². The smallest absolute Gasteiger partial charge is 0.184 e. The van der Waals surface area contributed by atoms with Crippen LogP contribution in [-0.4, -0.2) is 42.3 Å². The summed E-state index contributed by atoms with van der Waals surface area (Å²) in [6, 6.07) is 8.19. The van der Waals surface area contributed by atoms with Crippen LogP contribution in [0.5, 0.6) is 11.5 Å². The Balaban J connectivity index is 0.00000616. The lowest BCUT2D eigenvalue weighted by Crippen LogP contribution is -3.00. The minimum atomic E-state index is -0.490. The molecule has 42 heavy (non-hydrogen) atoms. The van der Waals surface area contributed by atoms with Gasteiger partial charge in [-0.05, 0) is 43.5 Å². The van der Waals surface area contributed by atoms with Crippen LogP contribution in [0, 0.1) is 11.6 Å². The Labute approximate surface area is 263 Å². The van der Waals surface area contributed by atoms with Crippen molar-refractivity contribution >= 4 is 5.71 Å². The van der Waals surface area contributed by atoms with E-state index >= 15 is 0 Å². The number of aliphatic hydroxyl groups excluding tert-OH is 1. The number of benzene rings is 2. The molecule has 7 heteroatoms. The third-order valence-corrected chi connectivity index (χ3v) is 8.25. The molecule has 0 fully saturated rings. The van der Waals surface area contributed by atoms with E-state index in [1.54, 1.807) is 7.11 Å². The molecule has 0 aliphatic carbocycles. The number of hydrogen-bond acceptors (Lipinski definition) is 3. The van der Waals surface area contributed by atoms with Gasteiger partial charge in [-0.2, -0.15) is 0 Å². The number of nitrogens with zero attached hydrogens (tertiary/aromatic N) is 1. The largest absolute Gasteiger partial charge is 1.00 e. The molecule has 1 aliphatic rings. The Bertz CT molecular complexity index is 1070. The maximum atomic E-state index is 14.6. The number of halogens is 3. The van der Waals surface area contributed by atoms with E-state index in [9.17, 15) is 8.78 Å². The second-order valence-electron chi connectivity index (χ2n) is 11.4. The predicted molar refractivity (Wildman–Crippen MR) is 164 cm³/mol. The zero-order valence-electron chi connectivity index (χ0n) is 25.9. The van der Waals surface area contributed by atoms with Gasteiger partial charge in [0.05, 0.1) is 19.3 Å². The minimum absolute atomic E-state index is 0. The van der Waals surface area contributed by atoms with Gasteiger partial charge in [0.25, 0.3) is 0 Å². The van der Waals surface area contributed by atoms with Crippen LogP contribution < -0.4 is 26.5 Å². The molecule has 0 saturated heterocycles. The van der Waals surface area contributed by atoms with Crippen LogP contribution in [0.2, 0.25) is 0 Å². The van der Waals surface area contributed by atoms with Gasteiger partial charge in [-0.25, -0.2) is 13.4 Å². The topological polar surface area (TPSA) is 41.7 Å². The van der Waals surface area contributed by atoms with Crippen LogP contribution in [-0.2, 0) is 13.0 Å². The van der Waals surface area contributed by atoms with Gasteiger partial charge in [0.1, 0.15) is 18.2 Å². The van der Waals surface area contributed by atoms with Crippen molar-refractivity contribution in [1.29, 1.82) is 0 Å². The van der Waals surface area contributed by atoms with Gasteiger partial charge in [0, 0.05) is 30.6 Å². The normalized spacial score (nSPS) is 12.7. The standard InChI is InChI=1S/C35H52F2NO3.BrH/c1-3-4-5-6-7-8-9-11-14-20-33-28-21-22-34(40-2)35(41-26-16-13-10-12-15-25-39)29(28)23-24-38(33)27-30-31(36)18-17-19-32(30)37;/h17-19,21-22,39H,3-16,20,23-27H2,1-2H3;1H/q+1;/p-1. The molecule has 0 aromatic heterocycles. The van der Waals surface area contributed by atoms with Crippen molar-refractivity contribution in [2.24, 2.45) is 0 Å². The molecule has 0 atom stereocenters. The maximum Gasteiger partial charge on any atom is 0.184 e. The SMILES string of the molecule is CCCCCCCCCCCC1=[N+](Cc2c(F)cccc2F)CCc2c1ccc(OC)c2OCCCCCCCO.[Br-]. The molecule has 1 aliphatic heterocycles. The van der Waals surface area contributed by atoms with E-state index in [4.69, 9.17) is 14.6 Å². The average Bonchev–Trinajstić information content (AvgIpc) is 2.98. The lowest BCUT2D eigenvalue weighted by molar-refractivity contribution is -0.546. The van der Waals surface area contributed by atoms with Gasteiger partial charge in [-0.15, -0.1) is 0 Å². The molecule has 1 heterocycles. The van der Waals surface area contributed by atoms with Crippen LogP contribution in [0.1, 0.15) is 120 Å². The molecule has 1 N–H and O–H groups in total. The molecule has 2 aromatic rings. The fraction of sp³-hybridized carbons (Fsp3) is 0.629. The first-order valence-corrected chi connectivity index (χ1v) is 16.1. The van der Waals surface area contributed by atoms with Gasteiger partial charge in [0.2, 0.25) is 0 Å². The highest BCUT2D eigenvalue weighted by Crippen LogP contribution is 2.37. The molecule has 0 bridgehead atoms. The molecule has 0 amide bonds. The Morgan fingerprint density at radius 1 is 0.810 bits per heavy atom. The Kier molecular flexibility index (Phi) is 18.0. The van der Waals surface area contributed by atoms with Crippen LogP contribution in [0.15, 0.2) is 30.3 Å². The van der Waals surface area contributed by atoms with E-state index in [0.717, 1.165) is 86.1 Å². The van der Waals surface area contributed by atoms with E-state index in [0.29, 0.717) is 13.2 Å². The Hall–Kier alpha value is -1.99. The molecule has 0 radical (unpaired) electrons. The van der Waals surface area contributed by atoms with E-state index in [-0.39, 0.29) is 35.7 Å². The number of ether oxygens (including phenoxy) is 2. The van der Waals surface area contributed by atoms with Crippen molar-refractivity contribution in [3.8, 4) is 11.5 Å². The molecule has 236 valence electrons. The Morgan fingerprint density at radius 3 is 2.07 bits per heavy atom. The fourth-order valence-corrected chi connectivity index (χ4v) is 5.86. The molecule has 2 aromatic carbocycles. The summed E-state index contributed by atoms with van der Waals surface area (Å²) in [7, 11) is 1.67. The second-order valence-corrected chi connectivity index (χ2v) is 11.4. The van der Waals surface area contributed by atoms with Gasteiger partial charge in [0.15, 0.2) is 23.8 Å². The highest BCUT2D eigenvalue weighted by atomic mass is 79.9. The molecule has 4 nitrogen and oxygen atoms in total. The summed E-state index contributed by atoms with van der Waals surface area (Å²) >= 11 is 0. The second kappa shape index (κ2) is 20.8. The summed E-state index contributed by atoms with van der Waals surface area (Å²) in [6.07, 6.45) is 17.9. The van der Waals surface area contributed by atoms with Gasteiger partial charge >= 0.3 is 0 Å². The monoisotopic (exact) mass is 651 g/mol. The van der Waals surface area contributed by atoms with Crippen LogP contribution in [0.25, 0.3) is 0 Å². The van der Waals surface area contributed by atoms with Gasteiger partial charge < -0.3 is 31.6 Å². The lowest BCUT2D eigenvalue weighted by Gasteiger charge is -2.23. The van der Waals surface area contributed by atoms with Crippen LogP contribution in [0.3, 0.4) is 0 Å². The minimum Gasteiger partial charge on any atom is -1.00 e. The first kappa shape index (κ1) is 36.2. The van der Waals surface area contributed by atoms with Crippen LogP contribution in [0.4, 0.5) is 8.78 Å². The Morgan fingerprint density at radius 2 is 1.43 bits per heavy atom. The molecule has 3 rings (SSSR count). The number of unbranched alkanes of at least 4 members (excludes halogenated alkanes) is 12. The van der Waals surface area contributed by atoms with Crippen molar-refractivity contribution in [3.63, 3.8) is 0 Å². The van der Waals surface area contributed by atoms with E-state index in [1.165, 1.54) is 63.1 Å². The van der Waals surface area contributed by atoms with E-state index < -0.39 is 11.6 Å². The zero-order chi connectivity index (χ0) is 29.3. The van der Waals surface area contributed by atoms with Gasteiger partial charge in [-0.3, -0.25) is 0 Å². The maximum absolute atomic E-state index is 14.6. The van der Waals surface area contributed by atoms with E-state index in [2.05, 4.69) is 17.6 Å². The number of hydrogen-bond donors (Lipinski definition) is 1. The van der Waals surface area contributed by atoms with Gasteiger partial charge in [-0.1, -0.05) is 83.6 Å². The highest BCUT2D eigenvalue weighted by molar-refractivity contribution is 5.99. The molecular formula is C35H52BrF2NO3. The summed E-state index contributed by atoms with van der Waals surface area (Å²) in [5, 5.41) is 8.98. The average molecular weight is 653 g/mol. The fourth-order valence-electron chi connectivity index (χ4n) is 5.86. The first-order chi connectivity index (χ1) is 20.1. The predicted octanol–water partition coefficient (Wildman–Crippen LogP) is 5.78. The molecule has 0 saturated carbocycles. The summed E-state index contributed by atoms with van der Waals surface area (Å²) in [6.45, 7) is 4.02. The van der Waals surface area contributed by atoms with Crippen molar-refractivity contribution in [2.45, 2.75) is 116 Å². The van der Waals surface area contributed by atoms with E-state index in [1.807, 2.05) is 6.07 Å². The number of fused-ring (bicyclic) bond motifs is 1. The third-order valence-electron chi connectivity index (χ3n) is 8.25. The summed E-state index contributed by atoms with van der Waals surface area (Å²) in [5.41, 5.74) is 3.53. The van der Waals surface area contributed by atoms with Crippen molar-refractivity contribution < 1.29 is 44.9 Å². The lowest BCUT2D eigenvalue weighted by atomic mass is 9.91. The quantitative estimate of drug-likeness (QED) is 0.138. The van der Waals surface area contributed by atoms with Crippen molar-refractivity contribution in [1.82, 2.24) is 0 Å².